The number of carbonyl (C=O) groups is 4. The number of hydrogen-bond acceptors (Lipinski definition) is 5. The molecule has 1 saturated heterocycles. The molecule has 152 valence electrons. The van der Waals surface area contributed by atoms with E-state index in [1.165, 1.54) is 4.90 Å². The summed E-state index contributed by atoms with van der Waals surface area (Å²) in [5, 5.41) is 5.19. The highest BCUT2D eigenvalue weighted by Crippen LogP contribution is 2.24. The number of halogens is 1. The molecule has 1 aromatic carbocycles. The fourth-order valence-corrected chi connectivity index (χ4v) is 2.90. The molecule has 9 heteroatoms. The Kier molecular flexibility index (Phi) is 7.01. The number of imide groups is 1. The number of nitrogens with zero attached hydrogens (tertiary/aromatic N) is 1. The van der Waals surface area contributed by atoms with Gasteiger partial charge in [-0.2, -0.15) is 0 Å². The zero-order chi connectivity index (χ0) is 20.9. The summed E-state index contributed by atoms with van der Waals surface area (Å²) in [7, 11) is 0. The van der Waals surface area contributed by atoms with Gasteiger partial charge < -0.3 is 15.0 Å². The molecule has 0 unspecified atom stereocenters. The SMILES string of the molecule is CC(C)(C)NC(=O)NC(=O)COC(=O)[C@@H]1CC(=O)N(Cc2ccccc2Cl)C1. The van der Waals surface area contributed by atoms with Crippen molar-refractivity contribution in [3.05, 3.63) is 34.9 Å². The number of amides is 4. The maximum atomic E-state index is 12.2. The first-order chi connectivity index (χ1) is 13.0. The molecule has 28 heavy (non-hydrogen) atoms. The monoisotopic (exact) mass is 409 g/mol. The molecule has 0 aliphatic carbocycles. The first-order valence-electron chi connectivity index (χ1n) is 8.85. The van der Waals surface area contributed by atoms with Gasteiger partial charge in [0.15, 0.2) is 6.61 Å². The van der Waals surface area contributed by atoms with E-state index >= 15 is 0 Å². The van der Waals surface area contributed by atoms with Crippen LogP contribution in [0.3, 0.4) is 0 Å². The van der Waals surface area contributed by atoms with Gasteiger partial charge in [0, 0.05) is 30.1 Å². The van der Waals surface area contributed by atoms with Crippen LogP contribution in [0.4, 0.5) is 4.79 Å². The molecule has 1 aliphatic rings. The van der Waals surface area contributed by atoms with Gasteiger partial charge in [0.1, 0.15) is 0 Å². The van der Waals surface area contributed by atoms with E-state index in [4.69, 9.17) is 16.3 Å². The summed E-state index contributed by atoms with van der Waals surface area (Å²) < 4.78 is 4.95. The molecule has 2 rings (SSSR count). The van der Waals surface area contributed by atoms with E-state index in [0.29, 0.717) is 11.6 Å². The number of benzene rings is 1. The van der Waals surface area contributed by atoms with Gasteiger partial charge in [-0.05, 0) is 32.4 Å². The Morgan fingerprint density at radius 2 is 1.93 bits per heavy atom. The van der Waals surface area contributed by atoms with Gasteiger partial charge in [0.2, 0.25) is 5.91 Å². The van der Waals surface area contributed by atoms with Crippen molar-refractivity contribution in [2.75, 3.05) is 13.2 Å². The van der Waals surface area contributed by atoms with Gasteiger partial charge in [0.25, 0.3) is 5.91 Å². The van der Waals surface area contributed by atoms with Crippen LogP contribution in [0.5, 0.6) is 0 Å². The molecular formula is C19H24ClN3O5. The Labute approximate surface area is 168 Å². The lowest BCUT2D eigenvalue weighted by Crippen LogP contribution is -2.49. The molecule has 0 aromatic heterocycles. The first-order valence-corrected chi connectivity index (χ1v) is 9.23. The summed E-state index contributed by atoms with van der Waals surface area (Å²) in [6.45, 7) is 5.20. The molecule has 8 nitrogen and oxygen atoms in total. The van der Waals surface area contributed by atoms with Crippen LogP contribution in [0.15, 0.2) is 24.3 Å². The largest absolute Gasteiger partial charge is 0.455 e. The zero-order valence-corrected chi connectivity index (χ0v) is 16.8. The van der Waals surface area contributed by atoms with Crippen LogP contribution in [0.2, 0.25) is 5.02 Å². The van der Waals surface area contributed by atoms with Crippen molar-refractivity contribution >= 4 is 35.4 Å². The predicted molar refractivity (Wildman–Crippen MR) is 102 cm³/mol. The van der Waals surface area contributed by atoms with Crippen LogP contribution < -0.4 is 10.6 Å². The van der Waals surface area contributed by atoms with Crippen molar-refractivity contribution in [2.45, 2.75) is 39.3 Å². The number of esters is 1. The van der Waals surface area contributed by atoms with Gasteiger partial charge in [-0.1, -0.05) is 29.8 Å². The molecule has 2 N–H and O–H groups in total. The van der Waals surface area contributed by atoms with Crippen molar-refractivity contribution in [2.24, 2.45) is 5.92 Å². The van der Waals surface area contributed by atoms with Crippen LogP contribution in [-0.2, 0) is 25.7 Å². The Morgan fingerprint density at radius 1 is 1.25 bits per heavy atom. The summed E-state index contributed by atoms with van der Waals surface area (Å²) in [6.07, 6.45) is 0.00934. The molecule has 1 fully saturated rings. The summed E-state index contributed by atoms with van der Waals surface area (Å²) in [6, 6.07) is 6.49. The molecule has 1 aliphatic heterocycles. The van der Waals surface area contributed by atoms with E-state index in [2.05, 4.69) is 10.6 Å². The fourth-order valence-electron chi connectivity index (χ4n) is 2.70. The van der Waals surface area contributed by atoms with E-state index in [0.717, 1.165) is 5.56 Å². The molecule has 1 heterocycles. The van der Waals surface area contributed by atoms with Gasteiger partial charge in [-0.25, -0.2) is 4.79 Å². The summed E-state index contributed by atoms with van der Waals surface area (Å²) in [5.74, 6) is -2.24. The quantitative estimate of drug-likeness (QED) is 0.722. The predicted octanol–water partition coefficient (Wildman–Crippen LogP) is 1.86. The minimum absolute atomic E-state index is 0.00934. The summed E-state index contributed by atoms with van der Waals surface area (Å²) >= 11 is 6.11. The standard InChI is InChI=1S/C19H24ClN3O5/c1-19(2,3)22-18(27)21-15(24)11-28-17(26)13-8-16(25)23(10-13)9-12-6-4-5-7-14(12)20/h4-7,13H,8-11H2,1-3H3,(H2,21,22,24,27)/t13-/m1/s1. The number of hydrogen-bond donors (Lipinski definition) is 2. The Morgan fingerprint density at radius 3 is 2.57 bits per heavy atom. The van der Waals surface area contributed by atoms with Crippen LogP contribution in [0, 0.1) is 5.92 Å². The number of nitrogens with one attached hydrogen (secondary N) is 2. The van der Waals surface area contributed by atoms with E-state index < -0.39 is 36.0 Å². The number of ether oxygens (including phenoxy) is 1. The normalized spacial score (nSPS) is 16.6. The highest BCUT2D eigenvalue weighted by molar-refractivity contribution is 6.31. The van der Waals surface area contributed by atoms with Crippen LogP contribution in [-0.4, -0.2) is 47.4 Å². The summed E-state index contributed by atoms with van der Waals surface area (Å²) in [5.41, 5.74) is 0.284. The first kappa shape index (κ1) is 21.7. The zero-order valence-electron chi connectivity index (χ0n) is 16.1. The maximum Gasteiger partial charge on any atom is 0.321 e. The van der Waals surface area contributed by atoms with Crippen LogP contribution in [0.25, 0.3) is 0 Å². The van der Waals surface area contributed by atoms with Crippen molar-refractivity contribution < 1.29 is 23.9 Å². The lowest BCUT2D eigenvalue weighted by molar-refractivity contribution is -0.152. The van der Waals surface area contributed by atoms with Crippen molar-refractivity contribution in [1.82, 2.24) is 15.5 Å². The van der Waals surface area contributed by atoms with Crippen molar-refractivity contribution in [3.8, 4) is 0 Å². The molecule has 0 saturated carbocycles. The lowest BCUT2D eigenvalue weighted by atomic mass is 10.1. The van der Waals surface area contributed by atoms with Gasteiger partial charge in [-0.15, -0.1) is 0 Å². The van der Waals surface area contributed by atoms with Crippen molar-refractivity contribution in [3.63, 3.8) is 0 Å². The molecule has 1 aromatic rings. The minimum Gasteiger partial charge on any atom is -0.455 e. The lowest BCUT2D eigenvalue weighted by Gasteiger charge is -2.20. The second-order valence-corrected chi connectivity index (χ2v) is 8.03. The number of urea groups is 1. The second-order valence-electron chi connectivity index (χ2n) is 7.63. The van der Waals surface area contributed by atoms with E-state index in [1.54, 1.807) is 32.9 Å². The number of carbonyl (C=O) groups excluding carboxylic acids is 4. The highest BCUT2D eigenvalue weighted by Gasteiger charge is 2.35. The van der Waals surface area contributed by atoms with Crippen molar-refractivity contribution in [1.29, 1.82) is 0 Å². The van der Waals surface area contributed by atoms with Gasteiger partial charge in [-0.3, -0.25) is 19.7 Å². The van der Waals surface area contributed by atoms with Crippen LogP contribution >= 0.6 is 11.6 Å². The van der Waals surface area contributed by atoms with Gasteiger partial charge in [0.05, 0.1) is 5.92 Å². The minimum atomic E-state index is -0.743. The van der Waals surface area contributed by atoms with Gasteiger partial charge >= 0.3 is 12.0 Å². The Bertz CT molecular complexity index is 775. The molecule has 0 spiro atoms. The number of likely N-dealkylation sites (tertiary alicyclic amines) is 1. The van der Waals surface area contributed by atoms with E-state index in [9.17, 15) is 19.2 Å². The fraction of sp³-hybridized carbons (Fsp3) is 0.474. The maximum absolute atomic E-state index is 12.2. The number of rotatable bonds is 5. The second kappa shape index (κ2) is 9.05. The topological polar surface area (TPSA) is 105 Å². The Balaban J connectivity index is 1.80. The molecule has 4 amide bonds. The Hall–Kier alpha value is -2.61. The molecule has 0 bridgehead atoms. The third-order valence-electron chi connectivity index (χ3n) is 3.95. The summed E-state index contributed by atoms with van der Waals surface area (Å²) in [4.78, 5) is 49.2. The molecule has 0 radical (unpaired) electrons. The van der Waals surface area contributed by atoms with E-state index in [-0.39, 0.29) is 18.9 Å². The molecular weight excluding hydrogens is 386 g/mol. The van der Waals surface area contributed by atoms with Crippen LogP contribution in [0.1, 0.15) is 32.8 Å². The average Bonchev–Trinajstić information content (AvgIpc) is 2.94. The smallest absolute Gasteiger partial charge is 0.321 e. The third kappa shape index (κ3) is 6.53. The highest BCUT2D eigenvalue weighted by atomic mass is 35.5. The van der Waals surface area contributed by atoms with E-state index in [1.807, 2.05) is 12.1 Å². The third-order valence-corrected chi connectivity index (χ3v) is 4.32. The molecule has 1 atom stereocenters. The average molecular weight is 410 g/mol.